The first-order valence-corrected chi connectivity index (χ1v) is 9.80. The maximum absolute atomic E-state index is 12.4. The van der Waals surface area contributed by atoms with E-state index in [2.05, 4.69) is 5.32 Å². The van der Waals surface area contributed by atoms with Crippen molar-refractivity contribution in [1.29, 1.82) is 0 Å². The highest BCUT2D eigenvalue weighted by Crippen LogP contribution is 2.18. The van der Waals surface area contributed by atoms with Crippen LogP contribution in [0, 0.1) is 0 Å². The normalized spacial score (nSPS) is 17.9. The molecule has 7 heteroatoms. The molecule has 0 bridgehead atoms. The van der Waals surface area contributed by atoms with Crippen LogP contribution in [0.3, 0.4) is 0 Å². The van der Waals surface area contributed by atoms with Crippen molar-refractivity contribution in [2.45, 2.75) is 51.0 Å². The first kappa shape index (κ1) is 21.4. The number of rotatable bonds is 4. The number of nitrogens with one attached hydrogen (secondary N) is 1. The molecule has 1 saturated heterocycles. The summed E-state index contributed by atoms with van der Waals surface area (Å²) in [7, 11) is 0. The Morgan fingerprint density at radius 2 is 1.63 bits per heavy atom. The van der Waals surface area contributed by atoms with Crippen LogP contribution in [-0.2, 0) is 11.2 Å². The first-order valence-electron chi connectivity index (χ1n) is 9.80. The van der Waals surface area contributed by atoms with Crippen LogP contribution in [0.15, 0.2) is 24.3 Å². The standard InChI is InChI=1S/C20H30N4O2.ClH/c21-18-9-5-4-6-16(18)10-11-19(25)23-12-14-24(15-13-23)20(26)22-17-7-2-1-3-8-17;/h4-6,9,17H,1-3,7-8,10-15,21H2,(H,22,26);1H. The van der Waals surface area contributed by atoms with Gasteiger partial charge in [-0.05, 0) is 30.9 Å². The van der Waals surface area contributed by atoms with Crippen molar-refractivity contribution in [2.24, 2.45) is 0 Å². The maximum atomic E-state index is 12.4. The number of amides is 3. The Bertz CT molecular complexity index is 626. The van der Waals surface area contributed by atoms with E-state index < -0.39 is 0 Å². The summed E-state index contributed by atoms with van der Waals surface area (Å²) in [5.41, 5.74) is 7.70. The van der Waals surface area contributed by atoms with Gasteiger partial charge in [-0.3, -0.25) is 4.79 Å². The van der Waals surface area contributed by atoms with Crippen LogP contribution >= 0.6 is 12.4 Å². The molecule has 3 rings (SSSR count). The van der Waals surface area contributed by atoms with Crippen LogP contribution in [0.2, 0.25) is 0 Å². The van der Waals surface area contributed by atoms with Crippen LogP contribution < -0.4 is 11.1 Å². The molecule has 1 aromatic carbocycles. The van der Waals surface area contributed by atoms with Gasteiger partial charge < -0.3 is 20.9 Å². The molecule has 0 radical (unpaired) electrons. The van der Waals surface area contributed by atoms with Crippen LogP contribution in [0.1, 0.15) is 44.1 Å². The lowest BCUT2D eigenvalue weighted by Crippen LogP contribution is -2.54. The number of piperazine rings is 1. The largest absolute Gasteiger partial charge is 0.399 e. The second-order valence-corrected chi connectivity index (χ2v) is 7.35. The Balaban J connectivity index is 0.00000261. The van der Waals surface area contributed by atoms with Crippen LogP contribution in [-0.4, -0.2) is 54.0 Å². The number of nitrogen functional groups attached to an aromatic ring is 1. The second-order valence-electron chi connectivity index (χ2n) is 7.35. The molecule has 1 heterocycles. The molecule has 3 N–H and O–H groups in total. The Morgan fingerprint density at radius 1 is 1.00 bits per heavy atom. The molecule has 1 saturated carbocycles. The summed E-state index contributed by atoms with van der Waals surface area (Å²) in [6.07, 6.45) is 7.00. The molecule has 2 fully saturated rings. The summed E-state index contributed by atoms with van der Waals surface area (Å²) in [4.78, 5) is 28.5. The zero-order chi connectivity index (χ0) is 18.4. The van der Waals surface area contributed by atoms with Crippen molar-refractivity contribution in [2.75, 3.05) is 31.9 Å². The number of anilines is 1. The minimum Gasteiger partial charge on any atom is -0.399 e. The van der Waals surface area contributed by atoms with E-state index in [0.29, 0.717) is 45.1 Å². The molecule has 0 spiro atoms. The van der Waals surface area contributed by atoms with Crippen molar-refractivity contribution in [1.82, 2.24) is 15.1 Å². The van der Waals surface area contributed by atoms with Gasteiger partial charge in [0.25, 0.3) is 0 Å². The predicted molar refractivity (Wildman–Crippen MR) is 110 cm³/mol. The van der Waals surface area contributed by atoms with Crippen molar-refractivity contribution < 1.29 is 9.59 Å². The zero-order valence-corrected chi connectivity index (χ0v) is 16.7. The van der Waals surface area contributed by atoms with Gasteiger partial charge in [-0.25, -0.2) is 4.79 Å². The molecule has 1 aliphatic carbocycles. The number of benzene rings is 1. The smallest absolute Gasteiger partial charge is 0.317 e. The highest BCUT2D eigenvalue weighted by Gasteiger charge is 2.25. The van der Waals surface area contributed by atoms with Gasteiger partial charge in [0.05, 0.1) is 0 Å². The lowest BCUT2D eigenvalue weighted by molar-refractivity contribution is -0.132. The van der Waals surface area contributed by atoms with Gasteiger partial charge in [-0.1, -0.05) is 37.5 Å². The number of urea groups is 1. The highest BCUT2D eigenvalue weighted by atomic mass is 35.5. The fourth-order valence-corrected chi connectivity index (χ4v) is 3.83. The summed E-state index contributed by atoms with van der Waals surface area (Å²) in [6.45, 7) is 2.44. The average molecular weight is 395 g/mol. The van der Waals surface area contributed by atoms with E-state index in [1.165, 1.54) is 19.3 Å². The number of hydrogen-bond donors (Lipinski definition) is 2. The van der Waals surface area contributed by atoms with Crippen molar-refractivity contribution in [3.63, 3.8) is 0 Å². The molecule has 27 heavy (non-hydrogen) atoms. The average Bonchev–Trinajstić information content (AvgIpc) is 2.68. The molecular weight excluding hydrogens is 364 g/mol. The van der Waals surface area contributed by atoms with Crippen molar-refractivity contribution in [3.8, 4) is 0 Å². The second kappa shape index (κ2) is 10.4. The molecule has 1 aliphatic heterocycles. The fourth-order valence-electron chi connectivity index (χ4n) is 3.83. The molecule has 150 valence electrons. The highest BCUT2D eigenvalue weighted by molar-refractivity contribution is 5.85. The lowest BCUT2D eigenvalue weighted by atomic mass is 9.96. The summed E-state index contributed by atoms with van der Waals surface area (Å²) < 4.78 is 0. The minimum absolute atomic E-state index is 0. The zero-order valence-electron chi connectivity index (χ0n) is 15.9. The van der Waals surface area contributed by atoms with Crippen LogP contribution in [0.4, 0.5) is 10.5 Å². The van der Waals surface area contributed by atoms with E-state index in [1.807, 2.05) is 34.1 Å². The van der Waals surface area contributed by atoms with E-state index in [-0.39, 0.29) is 24.3 Å². The van der Waals surface area contributed by atoms with Gasteiger partial charge in [0.2, 0.25) is 5.91 Å². The summed E-state index contributed by atoms with van der Waals surface area (Å²) in [6, 6.07) is 8.03. The fraction of sp³-hybridized carbons (Fsp3) is 0.600. The van der Waals surface area contributed by atoms with Gasteiger partial charge in [0.1, 0.15) is 0 Å². The third-order valence-electron chi connectivity index (χ3n) is 5.52. The predicted octanol–water partition coefficient (Wildman–Crippen LogP) is 2.81. The topological polar surface area (TPSA) is 78.7 Å². The monoisotopic (exact) mass is 394 g/mol. The van der Waals surface area contributed by atoms with Gasteiger partial charge in [0, 0.05) is 44.3 Å². The Morgan fingerprint density at radius 3 is 2.30 bits per heavy atom. The third-order valence-corrected chi connectivity index (χ3v) is 5.52. The summed E-state index contributed by atoms with van der Waals surface area (Å²) in [5.74, 6) is 0.139. The van der Waals surface area contributed by atoms with E-state index in [1.54, 1.807) is 0 Å². The van der Waals surface area contributed by atoms with Crippen molar-refractivity contribution in [3.05, 3.63) is 29.8 Å². The molecule has 3 amide bonds. The number of carbonyl (C=O) groups excluding carboxylic acids is 2. The Labute approximate surface area is 167 Å². The number of nitrogens with zero attached hydrogens (tertiary/aromatic N) is 2. The maximum Gasteiger partial charge on any atom is 0.317 e. The van der Waals surface area contributed by atoms with Crippen molar-refractivity contribution >= 4 is 30.0 Å². The molecule has 0 unspecified atom stereocenters. The van der Waals surface area contributed by atoms with E-state index in [9.17, 15) is 9.59 Å². The number of nitrogens with two attached hydrogens (primary N) is 1. The van der Waals surface area contributed by atoms with Crippen LogP contribution in [0.25, 0.3) is 0 Å². The van der Waals surface area contributed by atoms with E-state index in [0.717, 1.165) is 24.1 Å². The number of aryl methyl sites for hydroxylation is 1. The quantitative estimate of drug-likeness (QED) is 0.770. The molecule has 1 aromatic rings. The summed E-state index contributed by atoms with van der Waals surface area (Å²) >= 11 is 0. The number of carbonyl (C=O) groups is 2. The van der Waals surface area contributed by atoms with E-state index >= 15 is 0 Å². The molecule has 0 atom stereocenters. The number of para-hydroxylation sites is 1. The lowest BCUT2D eigenvalue weighted by Gasteiger charge is -2.36. The summed E-state index contributed by atoms with van der Waals surface area (Å²) in [5, 5.41) is 3.16. The SMILES string of the molecule is Cl.Nc1ccccc1CCC(=O)N1CCN(C(=O)NC2CCCCC2)CC1. The Kier molecular flexibility index (Phi) is 8.23. The van der Waals surface area contributed by atoms with Crippen LogP contribution in [0.5, 0.6) is 0 Å². The van der Waals surface area contributed by atoms with Gasteiger partial charge in [-0.15, -0.1) is 12.4 Å². The van der Waals surface area contributed by atoms with Gasteiger partial charge in [0.15, 0.2) is 0 Å². The number of hydrogen-bond acceptors (Lipinski definition) is 3. The van der Waals surface area contributed by atoms with E-state index in [4.69, 9.17) is 5.73 Å². The first-order chi connectivity index (χ1) is 12.6. The minimum atomic E-state index is 0. The molecule has 6 nitrogen and oxygen atoms in total. The Hall–Kier alpha value is -1.95. The van der Waals surface area contributed by atoms with Gasteiger partial charge >= 0.3 is 6.03 Å². The molecular formula is C20H31ClN4O2. The third kappa shape index (κ3) is 6.03. The van der Waals surface area contributed by atoms with Gasteiger partial charge in [-0.2, -0.15) is 0 Å². The molecule has 0 aromatic heterocycles. The molecule has 2 aliphatic rings. The number of halogens is 1.